The van der Waals surface area contributed by atoms with Crippen molar-refractivity contribution < 1.29 is 27.6 Å². The lowest BCUT2D eigenvalue weighted by molar-refractivity contribution is -0.384. The molecule has 0 aliphatic carbocycles. The van der Waals surface area contributed by atoms with Crippen LogP contribution in [0, 0.1) is 10.1 Å². The van der Waals surface area contributed by atoms with E-state index >= 15 is 0 Å². The maximum absolute atomic E-state index is 12.8. The van der Waals surface area contributed by atoms with Gasteiger partial charge in [0.25, 0.3) is 21.6 Å². The van der Waals surface area contributed by atoms with E-state index in [1.54, 1.807) is 6.07 Å². The van der Waals surface area contributed by atoms with Crippen molar-refractivity contribution in [1.29, 1.82) is 0 Å². The Morgan fingerprint density at radius 3 is 2.61 bits per heavy atom. The minimum Gasteiger partial charge on any atom is -0.489 e. The molecule has 2 saturated heterocycles. The molecule has 36 heavy (non-hydrogen) atoms. The van der Waals surface area contributed by atoms with Gasteiger partial charge in [-0.05, 0) is 12.1 Å². The topological polar surface area (TPSA) is 156 Å². The van der Waals surface area contributed by atoms with Crippen molar-refractivity contribution in [3.63, 3.8) is 0 Å². The molecule has 3 aliphatic rings. The number of hydrogen-bond donors (Lipinski definition) is 2. The molecular weight excluding hydrogens is 492 g/mol. The summed E-state index contributed by atoms with van der Waals surface area (Å²) in [6.07, 6.45) is 1.35. The van der Waals surface area contributed by atoms with Gasteiger partial charge in [0, 0.05) is 51.1 Å². The zero-order chi connectivity index (χ0) is 25.3. The predicted octanol–water partition coefficient (Wildman–Crippen LogP) is 0.298. The number of carbonyl (C=O) groups excluding carboxylic acids is 1. The van der Waals surface area contributed by atoms with Crippen LogP contribution in [-0.2, 0) is 14.8 Å². The zero-order valence-corrected chi connectivity index (χ0v) is 20.1. The van der Waals surface area contributed by atoms with Crippen molar-refractivity contribution in [1.82, 2.24) is 19.5 Å². The Hall–Kier alpha value is -3.33. The van der Waals surface area contributed by atoms with Crippen molar-refractivity contribution in [2.75, 3.05) is 57.9 Å². The monoisotopic (exact) mass is 518 g/mol. The van der Waals surface area contributed by atoms with Crippen LogP contribution in [0.3, 0.4) is 0 Å². The lowest BCUT2D eigenvalue weighted by atomic mass is 10.1. The number of nitro benzene ring substituents is 1. The third-order valence-corrected chi connectivity index (χ3v) is 7.81. The molecule has 14 heteroatoms. The number of nitrogens with zero attached hydrogens (tertiary/aromatic N) is 4. The number of hydrogen-bond acceptors (Lipinski definition) is 11. The Balaban J connectivity index is 1.28. The summed E-state index contributed by atoms with van der Waals surface area (Å²) < 4.78 is 38.6. The molecule has 0 spiro atoms. The number of nitrogens with one attached hydrogen (secondary N) is 2. The molecule has 0 saturated carbocycles. The second-order valence-electron chi connectivity index (χ2n) is 8.90. The Labute approximate surface area is 207 Å². The van der Waals surface area contributed by atoms with Gasteiger partial charge in [0.1, 0.15) is 12.3 Å². The lowest BCUT2D eigenvalue weighted by Gasteiger charge is -2.43. The summed E-state index contributed by atoms with van der Waals surface area (Å²) in [7, 11) is -4.42. The smallest absolute Gasteiger partial charge is 0.297 e. The number of ether oxygens (including phenoxy) is 2. The van der Waals surface area contributed by atoms with Crippen molar-refractivity contribution in [2.24, 2.45) is 0 Å². The molecule has 2 N–H and O–H groups in total. The zero-order valence-electron chi connectivity index (χ0n) is 19.3. The normalized spacial score (nSPS) is 20.9. The number of fused-ring (bicyclic) bond motifs is 1. The van der Waals surface area contributed by atoms with Crippen LogP contribution in [0.4, 0.5) is 11.4 Å². The number of pyridine rings is 1. The molecule has 3 aliphatic heterocycles. The highest BCUT2D eigenvalue weighted by Gasteiger charge is 2.34. The van der Waals surface area contributed by atoms with Crippen LogP contribution in [0.2, 0.25) is 0 Å². The average Bonchev–Trinajstić information content (AvgIpc) is 2.83. The molecule has 0 radical (unpaired) electrons. The summed E-state index contributed by atoms with van der Waals surface area (Å²) in [5.41, 5.74) is -0.426. The van der Waals surface area contributed by atoms with E-state index in [0.29, 0.717) is 12.6 Å². The van der Waals surface area contributed by atoms with E-state index in [0.717, 1.165) is 45.5 Å². The predicted molar refractivity (Wildman–Crippen MR) is 128 cm³/mol. The van der Waals surface area contributed by atoms with Gasteiger partial charge in [0.15, 0.2) is 11.4 Å². The summed E-state index contributed by atoms with van der Waals surface area (Å²) in [5.74, 6) is -0.902. The molecule has 2 aromatic rings. The van der Waals surface area contributed by atoms with Gasteiger partial charge in [0.05, 0.1) is 35.1 Å². The van der Waals surface area contributed by atoms with E-state index < -0.39 is 31.4 Å². The minimum absolute atomic E-state index is 0.0425. The van der Waals surface area contributed by atoms with Crippen molar-refractivity contribution in [3.05, 3.63) is 52.3 Å². The number of rotatable bonds is 7. The van der Waals surface area contributed by atoms with Gasteiger partial charge in [-0.3, -0.25) is 29.7 Å². The van der Waals surface area contributed by atoms with Gasteiger partial charge in [-0.2, -0.15) is 0 Å². The fourth-order valence-corrected chi connectivity index (χ4v) is 5.45. The number of anilines is 1. The number of benzene rings is 1. The summed E-state index contributed by atoms with van der Waals surface area (Å²) in [4.78, 5) is 31.5. The highest BCUT2D eigenvalue weighted by atomic mass is 32.2. The average molecular weight is 519 g/mol. The van der Waals surface area contributed by atoms with E-state index in [1.165, 1.54) is 24.4 Å². The Bertz CT molecular complexity index is 1250. The Morgan fingerprint density at radius 2 is 1.97 bits per heavy atom. The third kappa shape index (κ3) is 5.11. The molecular formula is C22H26N6O7S. The first-order valence-electron chi connectivity index (χ1n) is 11.5. The maximum atomic E-state index is 12.8. The Kier molecular flexibility index (Phi) is 6.75. The van der Waals surface area contributed by atoms with Crippen LogP contribution in [0.25, 0.3) is 0 Å². The summed E-state index contributed by atoms with van der Waals surface area (Å²) in [6.45, 7) is 6.02. The number of piperazine rings is 1. The summed E-state index contributed by atoms with van der Waals surface area (Å²) in [6, 6.07) is 6.87. The molecule has 0 bridgehead atoms. The standard InChI is InChI=1S/C22H26N6O7S/c29-22(18-3-1-2-4-23-18)25-36(32,33)17-9-19(28(30)31)21-20(10-17)35-12-15(24-21)11-26-5-7-27(8-6-26)16-13-34-14-16/h1-4,9-10,15-16,24H,5-8,11-14H2,(H,25,29)/t15-/m0/s1. The van der Waals surface area contributed by atoms with Gasteiger partial charge in [-0.25, -0.2) is 13.1 Å². The van der Waals surface area contributed by atoms with Crippen molar-refractivity contribution in [3.8, 4) is 5.75 Å². The maximum Gasteiger partial charge on any atom is 0.297 e. The first-order chi connectivity index (χ1) is 17.3. The Morgan fingerprint density at radius 1 is 1.19 bits per heavy atom. The third-order valence-electron chi connectivity index (χ3n) is 6.50. The fourth-order valence-electron chi connectivity index (χ4n) is 4.46. The molecule has 1 aromatic heterocycles. The van der Waals surface area contributed by atoms with E-state index in [-0.39, 0.29) is 29.8 Å². The first kappa shape index (κ1) is 24.4. The van der Waals surface area contributed by atoms with Crippen LogP contribution in [0.1, 0.15) is 10.5 Å². The number of amides is 1. The molecule has 1 atom stereocenters. The quantitative estimate of drug-likeness (QED) is 0.384. The number of nitro groups is 1. The van der Waals surface area contributed by atoms with E-state index in [1.807, 2.05) is 4.72 Å². The van der Waals surface area contributed by atoms with Crippen LogP contribution < -0.4 is 14.8 Å². The number of aromatic nitrogens is 1. The van der Waals surface area contributed by atoms with Gasteiger partial charge in [-0.1, -0.05) is 6.07 Å². The highest BCUT2D eigenvalue weighted by molar-refractivity contribution is 7.90. The molecule has 1 amide bonds. The van der Waals surface area contributed by atoms with E-state index in [2.05, 4.69) is 20.1 Å². The molecule has 5 rings (SSSR count). The van der Waals surface area contributed by atoms with Gasteiger partial charge >= 0.3 is 0 Å². The molecule has 4 heterocycles. The fraction of sp³-hybridized carbons (Fsp3) is 0.455. The van der Waals surface area contributed by atoms with Crippen molar-refractivity contribution >= 4 is 27.3 Å². The minimum atomic E-state index is -4.42. The largest absolute Gasteiger partial charge is 0.489 e. The summed E-state index contributed by atoms with van der Waals surface area (Å²) in [5, 5.41) is 15.0. The number of sulfonamides is 1. The van der Waals surface area contributed by atoms with Crippen LogP contribution in [-0.4, -0.2) is 98.7 Å². The first-order valence-corrected chi connectivity index (χ1v) is 13.0. The van der Waals surface area contributed by atoms with Gasteiger partial charge in [-0.15, -0.1) is 0 Å². The molecule has 13 nitrogen and oxygen atoms in total. The SMILES string of the molecule is O=C(NS(=O)(=O)c1cc2c(c([N+](=O)[O-])c1)N[C@@H](CN1CCN(C3COC3)CC1)CO2)c1ccccn1. The van der Waals surface area contributed by atoms with Crippen molar-refractivity contribution in [2.45, 2.75) is 17.0 Å². The molecule has 1 aromatic carbocycles. The number of carbonyl (C=O) groups is 1. The van der Waals surface area contributed by atoms with E-state index in [4.69, 9.17) is 9.47 Å². The van der Waals surface area contributed by atoms with Crippen LogP contribution in [0.5, 0.6) is 5.75 Å². The molecule has 2 fully saturated rings. The van der Waals surface area contributed by atoms with Crippen LogP contribution >= 0.6 is 0 Å². The van der Waals surface area contributed by atoms with E-state index in [9.17, 15) is 23.3 Å². The van der Waals surface area contributed by atoms with Crippen LogP contribution in [0.15, 0.2) is 41.4 Å². The lowest BCUT2D eigenvalue weighted by Crippen LogP contribution is -2.58. The second kappa shape index (κ2) is 9.97. The second-order valence-corrected chi connectivity index (χ2v) is 10.6. The highest BCUT2D eigenvalue weighted by Crippen LogP contribution is 2.40. The molecule has 192 valence electrons. The van der Waals surface area contributed by atoms with Gasteiger partial charge < -0.3 is 14.8 Å². The van der Waals surface area contributed by atoms with Gasteiger partial charge in [0.2, 0.25) is 0 Å². The molecule has 0 unspecified atom stereocenters. The summed E-state index contributed by atoms with van der Waals surface area (Å²) >= 11 is 0.